The van der Waals surface area contributed by atoms with E-state index >= 15 is 0 Å². The van der Waals surface area contributed by atoms with Gasteiger partial charge in [-0.05, 0) is 40.0 Å². The Hall–Kier alpha value is -1.30. The van der Waals surface area contributed by atoms with E-state index < -0.39 is 5.60 Å². The summed E-state index contributed by atoms with van der Waals surface area (Å²) in [4.78, 5) is 25.9. The zero-order valence-electron chi connectivity index (χ0n) is 13.5. The van der Waals surface area contributed by atoms with E-state index in [0.29, 0.717) is 19.5 Å². The lowest BCUT2D eigenvalue weighted by Crippen LogP contribution is -2.37. The monoisotopic (exact) mass is 311 g/mol. The van der Waals surface area contributed by atoms with Crippen LogP contribution in [0.4, 0.5) is 4.79 Å². The number of fused-ring (bicyclic) bond motifs is 2. The van der Waals surface area contributed by atoms with Crippen LogP contribution in [0.5, 0.6) is 0 Å². The van der Waals surface area contributed by atoms with Crippen molar-refractivity contribution in [2.75, 3.05) is 13.1 Å². The van der Waals surface area contributed by atoms with Crippen LogP contribution in [0.1, 0.15) is 46.5 Å². The minimum absolute atomic E-state index is 0.0425. The van der Waals surface area contributed by atoms with Crippen LogP contribution < -0.4 is 0 Å². The molecule has 0 aromatic rings. The van der Waals surface area contributed by atoms with Crippen LogP contribution >= 0.6 is 0 Å². The van der Waals surface area contributed by atoms with Gasteiger partial charge in [0, 0.05) is 13.0 Å². The number of rotatable bonds is 2. The van der Waals surface area contributed by atoms with Crippen LogP contribution in [0.2, 0.25) is 0 Å². The molecule has 0 N–H and O–H groups in total. The molecule has 0 aromatic heterocycles. The van der Waals surface area contributed by atoms with Gasteiger partial charge in [-0.25, -0.2) is 4.79 Å². The predicted octanol–water partition coefficient (Wildman–Crippen LogP) is 2.11. The number of amides is 1. The van der Waals surface area contributed by atoms with Gasteiger partial charge in [-0.15, -0.1) is 0 Å². The van der Waals surface area contributed by atoms with Gasteiger partial charge in [0.2, 0.25) is 0 Å². The number of hydrogen-bond acceptors (Lipinski definition) is 5. The summed E-state index contributed by atoms with van der Waals surface area (Å²) >= 11 is 0. The fourth-order valence-corrected chi connectivity index (χ4v) is 3.45. The van der Waals surface area contributed by atoms with Gasteiger partial charge in [0.05, 0.1) is 24.7 Å². The standard InChI is InChI=1S/C16H25NO5/c1-16(2,3)22-15(19)17-7-6-11(9-17)21-14(18)12-8-10-4-5-13(12)20-10/h10-13H,4-9H2,1-3H3/t10?,11-,12?,13?/m0/s1. The lowest BCUT2D eigenvalue weighted by atomic mass is 9.89. The van der Waals surface area contributed by atoms with Crippen LogP contribution in [0.25, 0.3) is 0 Å². The first-order valence-corrected chi connectivity index (χ1v) is 8.16. The molecule has 3 heterocycles. The van der Waals surface area contributed by atoms with Crippen LogP contribution in [0.3, 0.4) is 0 Å². The Balaban J connectivity index is 1.47. The van der Waals surface area contributed by atoms with Gasteiger partial charge < -0.3 is 19.1 Å². The summed E-state index contributed by atoms with van der Waals surface area (Å²) < 4.78 is 16.6. The number of nitrogens with zero attached hydrogens (tertiary/aromatic N) is 1. The number of carbonyl (C=O) groups is 2. The van der Waals surface area contributed by atoms with E-state index in [1.165, 1.54) is 0 Å². The zero-order valence-corrected chi connectivity index (χ0v) is 13.5. The van der Waals surface area contributed by atoms with Gasteiger partial charge in [0.25, 0.3) is 0 Å². The normalized spacial score (nSPS) is 34.0. The molecule has 1 amide bonds. The van der Waals surface area contributed by atoms with Crippen molar-refractivity contribution >= 4 is 12.1 Å². The Morgan fingerprint density at radius 2 is 1.95 bits per heavy atom. The maximum absolute atomic E-state index is 12.3. The SMILES string of the molecule is CC(C)(C)OC(=O)N1CC[C@H](OC(=O)C2CC3CCC2O3)C1. The minimum atomic E-state index is -0.508. The van der Waals surface area contributed by atoms with E-state index in [0.717, 1.165) is 19.3 Å². The largest absolute Gasteiger partial charge is 0.460 e. The summed E-state index contributed by atoms with van der Waals surface area (Å²) in [6.45, 7) is 6.51. The topological polar surface area (TPSA) is 65.1 Å². The van der Waals surface area contributed by atoms with Crippen LogP contribution in [0, 0.1) is 5.92 Å². The molecule has 3 aliphatic heterocycles. The second kappa shape index (κ2) is 5.72. The van der Waals surface area contributed by atoms with Crippen molar-refractivity contribution in [3.8, 4) is 0 Å². The van der Waals surface area contributed by atoms with Gasteiger partial charge in [-0.3, -0.25) is 4.79 Å². The molecule has 124 valence electrons. The smallest absolute Gasteiger partial charge is 0.410 e. The average molecular weight is 311 g/mol. The highest BCUT2D eigenvalue weighted by molar-refractivity contribution is 5.74. The van der Waals surface area contributed by atoms with Crippen molar-refractivity contribution in [1.29, 1.82) is 0 Å². The highest BCUT2D eigenvalue weighted by atomic mass is 16.6. The molecule has 0 radical (unpaired) electrons. The number of esters is 1. The Labute approximate surface area is 131 Å². The van der Waals surface area contributed by atoms with Gasteiger partial charge in [-0.2, -0.15) is 0 Å². The van der Waals surface area contributed by atoms with Crippen molar-refractivity contribution in [2.45, 2.75) is 70.4 Å². The molecule has 0 saturated carbocycles. The van der Waals surface area contributed by atoms with Gasteiger partial charge in [0.15, 0.2) is 0 Å². The molecule has 3 fully saturated rings. The predicted molar refractivity (Wildman–Crippen MR) is 78.3 cm³/mol. The second-order valence-corrected chi connectivity index (χ2v) is 7.49. The Bertz CT molecular complexity index is 458. The number of ether oxygens (including phenoxy) is 3. The van der Waals surface area contributed by atoms with E-state index in [-0.39, 0.29) is 36.3 Å². The van der Waals surface area contributed by atoms with Gasteiger partial charge in [-0.1, -0.05) is 0 Å². The van der Waals surface area contributed by atoms with Gasteiger partial charge >= 0.3 is 12.1 Å². The van der Waals surface area contributed by atoms with Gasteiger partial charge in [0.1, 0.15) is 11.7 Å². The lowest BCUT2D eigenvalue weighted by Gasteiger charge is -2.24. The molecule has 0 aliphatic carbocycles. The summed E-state index contributed by atoms with van der Waals surface area (Å²) in [5.74, 6) is -0.280. The maximum atomic E-state index is 12.3. The molecule has 0 aromatic carbocycles. The highest BCUT2D eigenvalue weighted by Crippen LogP contribution is 2.39. The van der Waals surface area contributed by atoms with Crippen LogP contribution in [-0.2, 0) is 19.0 Å². The average Bonchev–Trinajstić information content (AvgIpc) is 3.12. The molecule has 3 saturated heterocycles. The molecule has 6 nitrogen and oxygen atoms in total. The van der Waals surface area contributed by atoms with E-state index in [1.54, 1.807) is 4.90 Å². The molecule has 22 heavy (non-hydrogen) atoms. The lowest BCUT2D eigenvalue weighted by molar-refractivity contribution is -0.155. The third-order valence-corrected chi connectivity index (χ3v) is 4.49. The summed E-state index contributed by atoms with van der Waals surface area (Å²) in [5, 5.41) is 0. The number of hydrogen-bond donors (Lipinski definition) is 0. The molecular formula is C16H25NO5. The molecule has 0 spiro atoms. The third-order valence-electron chi connectivity index (χ3n) is 4.49. The van der Waals surface area contributed by atoms with E-state index in [2.05, 4.69) is 0 Å². The fourth-order valence-electron chi connectivity index (χ4n) is 3.45. The zero-order chi connectivity index (χ0) is 15.9. The summed E-state index contributed by atoms with van der Waals surface area (Å²) in [6.07, 6.45) is 3.20. The van der Waals surface area contributed by atoms with E-state index in [9.17, 15) is 9.59 Å². The molecule has 3 aliphatic rings. The number of likely N-dealkylation sites (tertiary alicyclic amines) is 1. The molecule has 3 unspecified atom stereocenters. The molecule has 3 rings (SSSR count). The minimum Gasteiger partial charge on any atom is -0.460 e. The van der Waals surface area contributed by atoms with Crippen molar-refractivity contribution in [3.05, 3.63) is 0 Å². The number of carbonyl (C=O) groups excluding carboxylic acids is 2. The Kier molecular flexibility index (Phi) is 4.05. The van der Waals surface area contributed by atoms with Crippen LogP contribution in [0.15, 0.2) is 0 Å². The summed E-state index contributed by atoms with van der Waals surface area (Å²) in [7, 11) is 0. The Morgan fingerprint density at radius 1 is 1.18 bits per heavy atom. The summed E-state index contributed by atoms with van der Waals surface area (Å²) in [6, 6.07) is 0. The van der Waals surface area contributed by atoms with Crippen LogP contribution in [-0.4, -0.2) is 54.0 Å². The fraction of sp³-hybridized carbons (Fsp3) is 0.875. The van der Waals surface area contributed by atoms with Crippen molar-refractivity contribution < 1.29 is 23.8 Å². The molecular weight excluding hydrogens is 286 g/mol. The highest BCUT2D eigenvalue weighted by Gasteiger charge is 2.46. The first-order chi connectivity index (χ1) is 10.3. The first kappa shape index (κ1) is 15.6. The van der Waals surface area contributed by atoms with E-state index in [1.807, 2.05) is 20.8 Å². The molecule has 2 bridgehead atoms. The summed E-state index contributed by atoms with van der Waals surface area (Å²) in [5.41, 5.74) is -0.508. The first-order valence-electron chi connectivity index (χ1n) is 8.16. The Morgan fingerprint density at radius 3 is 2.55 bits per heavy atom. The van der Waals surface area contributed by atoms with Crippen molar-refractivity contribution in [1.82, 2.24) is 4.90 Å². The second-order valence-electron chi connectivity index (χ2n) is 7.49. The van der Waals surface area contributed by atoms with Crippen molar-refractivity contribution in [3.63, 3.8) is 0 Å². The van der Waals surface area contributed by atoms with E-state index in [4.69, 9.17) is 14.2 Å². The maximum Gasteiger partial charge on any atom is 0.410 e. The third kappa shape index (κ3) is 3.37. The van der Waals surface area contributed by atoms with Crippen molar-refractivity contribution in [2.24, 2.45) is 5.92 Å². The molecule has 4 atom stereocenters. The molecule has 6 heteroatoms. The quantitative estimate of drug-likeness (QED) is 0.731.